The van der Waals surface area contributed by atoms with E-state index in [1.165, 1.54) is 0 Å². The Morgan fingerprint density at radius 1 is 1.42 bits per heavy atom. The molecule has 19 heavy (non-hydrogen) atoms. The lowest BCUT2D eigenvalue weighted by atomic mass is 9.75. The summed E-state index contributed by atoms with van der Waals surface area (Å²) >= 11 is 0. The van der Waals surface area contributed by atoms with Crippen LogP contribution in [0.4, 0.5) is 0 Å². The van der Waals surface area contributed by atoms with Crippen molar-refractivity contribution in [2.45, 2.75) is 44.6 Å². The molecule has 1 saturated heterocycles. The van der Waals surface area contributed by atoms with Crippen LogP contribution >= 0.6 is 0 Å². The zero-order valence-corrected chi connectivity index (χ0v) is 11.6. The van der Waals surface area contributed by atoms with E-state index in [-0.39, 0.29) is 17.9 Å². The van der Waals surface area contributed by atoms with Crippen molar-refractivity contribution in [3.63, 3.8) is 0 Å². The Morgan fingerprint density at radius 3 is 2.68 bits per heavy atom. The molecule has 2 rings (SSSR count). The van der Waals surface area contributed by atoms with Gasteiger partial charge in [-0.1, -0.05) is 30.3 Å². The maximum atomic E-state index is 11.2. The summed E-state index contributed by atoms with van der Waals surface area (Å²) in [4.78, 5) is 11.2. The van der Waals surface area contributed by atoms with Crippen LogP contribution in [-0.4, -0.2) is 23.3 Å². The summed E-state index contributed by atoms with van der Waals surface area (Å²) < 4.78 is 5.74. The minimum atomic E-state index is -0.724. The Kier molecular flexibility index (Phi) is 4.25. The van der Waals surface area contributed by atoms with Crippen molar-refractivity contribution in [2.75, 3.05) is 6.61 Å². The molecule has 0 saturated carbocycles. The fourth-order valence-corrected chi connectivity index (χ4v) is 3.07. The van der Waals surface area contributed by atoms with Crippen LogP contribution in [0.3, 0.4) is 0 Å². The largest absolute Gasteiger partial charge is 0.481 e. The van der Waals surface area contributed by atoms with Crippen molar-refractivity contribution >= 4 is 5.97 Å². The highest BCUT2D eigenvalue weighted by Gasteiger charge is 2.34. The topological polar surface area (TPSA) is 46.5 Å². The van der Waals surface area contributed by atoms with E-state index in [9.17, 15) is 9.90 Å². The second kappa shape index (κ2) is 5.74. The predicted molar refractivity (Wildman–Crippen MR) is 74.2 cm³/mol. The van der Waals surface area contributed by atoms with Gasteiger partial charge in [0.1, 0.15) is 0 Å². The van der Waals surface area contributed by atoms with E-state index in [1.807, 2.05) is 30.3 Å². The number of hydrogen-bond acceptors (Lipinski definition) is 2. The molecule has 1 aromatic carbocycles. The first-order chi connectivity index (χ1) is 8.98. The smallest absolute Gasteiger partial charge is 0.303 e. The number of carbonyl (C=O) groups is 1. The van der Waals surface area contributed by atoms with Crippen molar-refractivity contribution in [2.24, 2.45) is 5.92 Å². The molecule has 1 aliphatic heterocycles. The maximum Gasteiger partial charge on any atom is 0.303 e. The second-order valence-electron chi connectivity index (χ2n) is 5.98. The molecule has 0 spiro atoms. The molecule has 2 atom stereocenters. The lowest BCUT2D eigenvalue weighted by Crippen LogP contribution is -2.36. The summed E-state index contributed by atoms with van der Waals surface area (Å²) in [5.41, 5.74) is 0.988. The lowest BCUT2D eigenvalue weighted by Gasteiger charge is -2.39. The third-order valence-corrected chi connectivity index (χ3v) is 3.93. The number of ether oxygens (including phenoxy) is 1. The molecular weight excluding hydrogens is 240 g/mol. The normalized spacial score (nSPS) is 23.8. The fourth-order valence-electron chi connectivity index (χ4n) is 3.07. The van der Waals surface area contributed by atoms with Gasteiger partial charge < -0.3 is 9.84 Å². The molecule has 0 bridgehead atoms. The third-order valence-electron chi connectivity index (χ3n) is 3.93. The van der Waals surface area contributed by atoms with E-state index in [4.69, 9.17) is 4.74 Å². The average Bonchev–Trinajstić information content (AvgIpc) is 2.35. The molecule has 1 fully saturated rings. The summed E-state index contributed by atoms with van der Waals surface area (Å²) in [5.74, 6) is -0.262. The fraction of sp³-hybridized carbons (Fsp3) is 0.562. The summed E-state index contributed by atoms with van der Waals surface area (Å²) in [6.07, 6.45) is 2.06. The van der Waals surface area contributed by atoms with Crippen LogP contribution < -0.4 is 0 Å². The molecule has 1 N–H and O–H groups in total. The van der Waals surface area contributed by atoms with Crippen molar-refractivity contribution in [3.8, 4) is 0 Å². The van der Waals surface area contributed by atoms with E-state index in [2.05, 4.69) is 13.8 Å². The van der Waals surface area contributed by atoms with Crippen molar-refractivity contribution in [1.29, 1.82) is 0 Å². The van der Waals surface area contributed by atoms with E-state index in [0.29, 0.717) is 5.92 Å². The number of rotatable bonds is 4. The first-order valence-electron chi connectivity index (χ1n) is 6.89. The quantitative estimate of drug-likeness (QED) is 0.904. The van der Waals surface area contributed by atoms with Gasteiger partial charge >= 0.3 is 5.97 Å². The third kappa shape index (κ3) is 3.80. The molecule has 1 heterocycles. The van der Waals surface area contributed by atoms with Gasteiger partial charge in [0.15, 0.2) is 0 Å². The molecule has 0 radical (unpaired) electrons. The van der Waals surface area contributed by atoms with Crippen LogP contribution in [-0.2, 0) is 9.53 Å². The molecule has 1 aromatic rings. The van der Waals surface area contributed by atoms with Gasteiger partial charge in [0.2, 0.25) is 0 Å². The summed E-state index contributed by atoms with van der Waals surface area (Å²) in [6.45, 7) is 4.89. The van der Waals surface area contributed by atoms with Crippen LogP contribution in [0.1, 0.15) is 44.6 Å². The Morgan fingerprint density at radius 2 is 2.11 bits per heavy atom. The zero-order valence-electron chi connectivity index (χ0n) is 11.6. The van der Waals surface area contributed by atoms with E-state index < -0.39 is 5.97 Å². The lowest BCUT2D eigenvalue weighted by molar-refractivity contribution is -0.138. The summed E-state index contributed by atoms with van der Waals surface area (Å²) in [5, 5.41) is 9.17. The highest BCUT2D eigenvalue weighted by atomic mass is 16.5. The molecular formula is C16H22O3. The molecule has 3 heteroatoms. The average molecular weight is 262 g/mol. The number of aliphatic carboxylic acids is 1. The first kappa shape index (κ1) is 14.1. The van der Waals surface area contributed by atoms with Gasteiger partial charge in [-0.15, -0.1) is 0 Å². The number of benzene rings is 1. The van der Waals surface area contributed by atoms with Crippen LogP contribution in [0.15, 0.2) is 30.3 Å². The monoisotopic (exact) mass is 262 g/mol. The number of carboxylic acids is 1. The Hall–Kier alpha value is -1.35. The van der Waals surface area contributed by atoms with Gasteiger partial charge in [-0.2, -0.15) is 0 Å². The Labute approximate surface area is 114 Å². The van der Waals surface area contributed by atoms with E-state index >= 15 is 0 Å². The van der Waals surface area contributed by atoms with Gasteiger partial charge in [-0.3, -0.25) is 4.79 Å². The highest BCUT2D eigenvalue weighted by Crippen LogP contribution is 2.39. The second-order valence-corrected chi connectivity index (χ2v) is 5.98. The van der Waals surface area contributed by atoms with Crippen molar-refractivity contribution in [3.05, 3.63) is 35.9 Å². The van der Waals surface area contributed by atoms with Crippen molar-refractivity contribution < 1.29 is 14.6 Å². The molecule has 0 aromatic heterocycles. The summed E-state index contributed by atoms with van der Waals surface area (Å²) in [7, 11) is 0. The SMILES string of the molecule is CC1(C)C[C@H]([C@@H](CC(=O)O)c2ccccc2)CCO1. The maximum absolute atomic E-state index is 11.2. The zero-order chi connectivity index (χ0) is 13.9. The molecule has 0 amide bonds. The van der Waals surface area contributed by atoms with E-state index in [1.54, 1.807) is 0 Å². The predicted octanol–water partition coefficient (Wildman–Crippen LogP) is 3.45. The van der Waals surface area contributed by atoms with Crippen LogP contribution in [0, 0.1) is 5.92 Å². The molecule has 0 unspecified atom stereocenters. The van der Waals surface area contributed by atoms with Gasteiger partial charge in [0.05, 0.1) is 12.0 Å². The van der Waals surface area contributed by atoms with Gasteiger partial charge in [0, 0.05) is 6.61 Å². The molecule has 3 nitrogen and oxygen atoms in total. The van der Waals surface area contributed by atoms with Crippen LogP contribution in [0.5, 0.6) is 0 Å². The molecule has 0 aliphatic carbocycles. The number of hydrogen-bond donors (Lipinski definition) is 1. The summed E-state index contributed by atoms with van der Waals surface area (Å²) in [6, 6.07) is 10.0. The first-order valence-corrected chi connectivity index (χ1v) is 6.89. The van der Waals surface area contributed by atoms with Gasteiger partial charge in [0.25, 0.3) is 0 Å². The van der Waals surface area contributed by atoms with Crippen molar-refractivity contribution in [1.82, 2.24) is 0 Å². The molecule has 1 aliphatic rings. The number of carboxylic acid groups (broad SMARTS) is 1. The van der Waals surface area contributed by atoms with Gasteiger partial charge in [-0.05, 0) is 44.1 Å². The van der Waals surface area contributed by atoms with E-state index in [0.717, 1.165) is 25.0 Å². The minimum absolute atomic E-state index is 0.0851. The van der Waals surface area contributed by atoms with Gasteiger partial charge in [-0.25, -0.2) is 0 Å². The molecule has 104 valence electrons. The highest BCUT2D eigenvalue weighted by molar-refractivity contribution is 5.68. The van der Waals surface area contributed by atoms with Crippen LogP contribution in [0.25, 0.3) is 0 Å². The minimum Gasteiger partial charge on any atom is -0.481 e. The Balaban J connectivity index is 2.20. The van der Waals surface area contributed by atoms with Crippen LogP contribution in [0.2, 0.25) is 0 Å². The Bertz CT molecular complexity index is 425. The standard InChI is InChI=1S/C16H22O3/c1-16(2)11-13(8-9-19-16)14(10-15(17)18)12-6-4-3-5-7-12/h3-7,13-14H,8-11H2,1-2H3,(H,17,18)/t13-,14+/m1/s1.